The van der Waals surface area contributed by atoms with Crippen LogP contribution in [0.1, 0.15) is 36.7 Å². The lowest BCUT2D eigenvalue weighted by atomic mass is 10.0. The predicted molar refractivity (Wildman–Crippen MR) is 66.1 cm³/mol. The predicted octanol–water partition coefficient (Wildman–Crippen LogP) is 1.46. The maximum Gasteiger partial charge on any atom is 0.255 e. The SMILES string of the molecule is CCc1cccc(C(=O)NC(C)(C)CO)c1O. The van der Waals surface area contributed by atoms with Gasteiger partial charge in [0.15, 0.2) is 0 Å². The molecule has 0 aromatic heterocycles. The van der Waals surface area contributed by atoms with Crippen molar-refractivity contribution in [2.24, 2.45) is 0 Å². The number of phenols is 1. The third-order valence-corrected chi connectivity index (χ3v) is 2.59. The summed E-state index contributed by atoms with van der Waals surface area (Å²) in [5.74, 6) is -0.363. The molecule has 4 nitrogen and oxygen atoms in total. The van der Waals surface area contributed by atoms with Crippen molar-refractivity contribution < 1.29 is 15.0 Å². The zero-order valence-electron chi connectivity index (χ0n) is 10.4. The van der Waals surface area contributed by atoms with E-state index in [0.29, 0.717) is 6.42 Å². The number of amides is 1. The molecule has 0 aliphatic rings. The van der Waals surface area contributed by atoms with E-state index in [-0.39, 0.29) is 23.8 Å². The molecule has 0 bridgehead atoms. The van der Waals surface area contributed by atoms with Crippen molar-refractivity contribution in [2.75, 3.05) is 6.61 Å². The summed E-state index contributed by atoms with van der Waals surface area (Å²) in [6, 6.07) is 5.08. The Morgan fingerprint density at radius 3 is 2.59 bits per heavy atom. The van der Waals surface area contributed by atoms with E-state index in [4.69, 9.17) is 5.11 Å². The molecule has 0 saturated heterocycles. The molecule has 0 fully saturated rings. The van der Waals surface area contributed by atoms with E-state index in [9.17, 15) is 9.90 Å². The average Bonchev–Trinajstić information content (AvgIpc) is 2.28. The van der Waals surface area contributed by atoms with Crippen LogP contribution in [-0.4, -0.2) is 28.3 Å². The Labute approximate surface area is 101 Å². The minimum Gasteiger partial charge on any atom is -0.507 e. The molecule has 0 spiro atoms. The van der Waals surface area contributed by atoms with Crippen LogP contribution >= 0.6 is 0 Å². The monoisotopic (exact) mass is 237 g/mol. The van der Waals surface area contributed by atoms with E-state index >= 15 is 0 Å². The van der Waals surface area contributed by atoms with Gasteiger partial charge in [0.05, 0.1) is 17.7 Å². The molecule has 4 heteroatoms. The summed E-state index contributed by atoms with van der Waals surface area (Å²) < 4.78 is 0. The maximum absolute atomic E-state index is 11.9. The smallest absolute Gasteiger partial charge is 0.255 e. The number of rotatable bonds is 4. The Kier molecular flexibility index (Phi) is 4.12. The van der Waals surface area contributed by atoms with Crippen LogP contribution in [0.2, 0.25) is 0 Å². The van der Waals surface area contributed by atoms with Gasteiger partial charge in [0, 0.05) is 0 Å². The van der Waals surface area contributed by atoms with E-state index < -0.39 is 5.54 Å². The first kappa shape index (κ1) is 13.5. The van der Waals surface area contributed by atoms with Gasteiger partial charge in [-0.2, -0.15) is 0 Å². The first-order chi connectivity index (χ1) is 7.91. The van der Waals surface area contributed by atoms with Crippen LogP contribution in [0.5, 0.6) is 5.75 Å². The number of benzene rings is 1. The van der Waals surface area contributed by atoms with Crippen molar-refractivity contribution in [3.8, 4) is 5.75 Å². The van der Waals surface area contributed by atoms with Gasteiger partial charge in [0.25, 0.3) is 5.91 Å². The van der Waals surface area contributed by atoms with Gasteiger partial charge < -0.3 is 15.5 Å². The first-order valence-corrected chi connectivity index (χ1v) is 5.65. The number of nitrogens with one attached hydrogen (secondary N) is 1. The van der Waals surface area contributed by atoms with Crippen molar-refractivity contribution in [1.82, 2.24) is 5.32 Å². The molecule has 1 rings (SSSR count). The number of para-hydroxylation sites is 1. The Morgan fingerprint density at radius 1 is 1.41 bits per heavy atom. The van der Waals surface area contributed by atoms with E-state index in [1.807, 2.05) is 6.92 Å². The zero-order valence-corrected chi connectivity index (χ0v) is 10.4. The molecule has 1 aromatic rings. The molecule has 3 N–H and O–H groups in total. The Bertz CT molecular complexity index is 413. The van der Waals surface area contributed by atoms with E-state index in [1.165, 1.54) is 0 Å². The standard InChI is InChI=1S/C13H19NO3/c1-4-9-6-5-7-10(11(9)16)12(17)14-13(2,3)8-15/h5-7,15-16H,4,8H2,1-3H3,(H,14,17). The van der Waals surface area contributed by atoms with Gasteiger partial charge in [-0.05, 0) is 31.9 Å². The van der Waals surface area contributed by atoms with Crippen LogP contribution < -0.4 is 5.32 Å². The summed E-state index contributed by atoms with van der Waals surface area (Å²) in [5.41, 5.74) is 0.275. The highest BCUT2D eigenvalue weighted by molar-refractivity contribution is 5.97. The molecule has 0 atom stereocenters. The van der Waals surface area contributed by atoms with Gasteiger partial charge >= 0.3 is 0 Å². The highest BCUT2D eigenvalue weighted by Crippen LogP contribution is 2.23. The Balaban J connectivity index is 2.97. The highest BCUT2D eigenvalue weighted by Gasteiger charge is 2.22. The van der Waals surface area contributed by atoms with Gasteiger partial charge in [-0.25, -0.2) is 0 Å². The second-order valence-corrected chi connectivity index (χ2v) is 4.66. The molecule has 0 aliphatic carbocycles. The summed E-state index contributed by atoms with van der Waals surface area (Å²) in [7, 11) is 0. The first-order valence-electron chi connectivity index (χ1n) is 5.65. The number of aliphatic hydroxyl groups is 1. The largest absolute Gasteiger partial charge is 0.507 e. The fraction of sp³-hybridized carbons (Fsp3) is 0.462. The van der Waals surface area contributed by atoms with Crippen molar-refractivity contribution in [3.63, 3.8) is 0 Å². The number of aryl methyl sites for hydroxylation is 1. The van der Waals surface area contributed by atoms with Gasteiger partial charge in [0.1, 0.15) is 5.75 Å². The number of carbonyl (C=O) groups is 1. The van der Waals surface area contributed by atoms with E-state index in [2.05, 4.69) is 5.32 Å². The molecule has 0 aliphatic heterocycles. The molecule has 0 saturated carbocycles. The Hall–Kier alpha value is -1.55. The van der Waals surface area contributed by atoms with Gasteiger partial charge in [-0.15, -0.1) is 0 Å². The molecule has 0 unspecified atom stereocenters. The number of aromatic hydroxyl groups is 1. The van der Waals surface area contributed by atoms with Crippen molar-refractivity contribution in [2.45, 2.75) is 32.7 Å². The summed E-state index contributed by atoms with van der Waals surface area (Å²) in [4.78, 5) is 11.9. The molecule has 1 amide bonds. The zero-order chi connectivity index (χ0) is 13.1. The molecular formula is C13H19NO3. The third-order valence-electron chi connectivity index (χ3n) is 2.59. The lowest BCUT2D eigenvalue weighted by Crippen LogP contribution is -2.46. The van der Waals surface area contributed by atoms with E-state index in [0.717, 1.165) is 5.56 Å². The number of hydrogen-bond acceptors (Lipinski definition) is 3. The van der Waals surface area contributed by atoms with Crippen LogP contribution in [0.15, 0.2) is 18.2 Å². The quantitative estimate of drug-likeness (QED) is 0.742. The van der Waals surface area contributed by atoms with Gasteiger partial charge in [-0.3, -0.25) is 4.79 Å². The van der Waals surface area contributed by atoms with Crippen LogP contribution in [0.3, 0.4) is 0 Å². The highest BCUT2D eigenvalue weighted by atomic mass is 16.3. The topological polar surface area (TPSA) is 69.6 Å². The van der Waals surface area contributed by atoms with Gasteiger partial charge in [-0.1, -0.05) is 19.1 Å². The lowest BCUT2D eigenvalue weighted by molar-refractivity contribution is 0.0866. The summed E-state index contributed by atoms with van der Waals surface area (Å²) >= 11 is 0. The molecule has 0 radical (unpaired) electrons. The van der Waals surface area contributed by atoms with Crippen LogP contribution in [0.25, 0.3) is 0 Å². The van der Waals surface area contributed by atoms with Crippen LogP contribution in [0.4, 0.5) is 0 Å². The second kappa shape index (κ2) is 5.19. The summed E-state index contributed by atoms with van der Waals surface area (Å²) in [6.45, 7) is 5.18. The maximum atomic E-state index is 11.9. The van der Waals surface area contributed by atoms with Crippen molar-refractivity contribution in [1.29, 1.82) is 0 Å². The number of aliphatic hydroxyl groups excluding tert-OH is 1. The molecule has 0 heterocycles. The number of hydrogen-bond donors (Lipinski definition) is 3. The fourth-order valence-corrected chi connectivity index (χ4v) is 1.47. The summed E-state index contributed by atoms with van der Waals surface area (Å²) in [6.07, 6.45) is 0.663. The van der Waals surface area contributed by atoms with E-state index in [1.54, 1.807) is 32.0 Å². The third kappa shape index (κ3) is 3.20. The molecule has 17 heavy (non-hydrogen) atoms. The summed E-state index contributed by atoms with van der Waals surface area (Å²) in [5, 5.41) is 21.7. The van der Waals surface area contributed by atoms with Crippen molar-refractivity contribution >= 4 is 5.91 Å². The minimum absolute atomic E-state index is 0.0150. The van der Waals surface area contributed by atoms with Crippen molar-refractivity contribution in [3.05, 3.63) is 29.3 Å². The van der Waals surface area contributed by atoms with Crippen LogP contribution in [0, 0.1) is 0 Å². The molecular weight excluding hydrogens is 218 g/mol. The molecule has 1 aromatic carbocycles. The van der Waals surface area contributed by atoms with Gasteiger partial charge in [0.2, 0.25) is 0 Å². The average molecular weight is 237 g/mol. The van der Waals surface area contributed by atoms with Crippen LogP contribution in [-0.2, 0) is 6.42 Å². The minimum atomic E-state index is -0.703. The molecule has 94 valence electrons. The normalized spacial score (nSPS) is 11.3. The fourth-order valence-electron chi connectivity index (χ4n) is 1.47. The number of phenolic OH excluding ortho intramolecular Hbond substituents is 1. The second-order valence-electron chi connectivity index (χ2n) is 4.66. The Morgan fingerprint density at radius 2 is 2.06 bits per heavy atom. The lowest BCUT2D eigenvalue weighted by Gasteiger charge is -2.23. The number of carbonyl (C=O) groups excluding carboxylic acids is 1.